The standard InChI is InChI=1S/C28H17N3/c1-2-5-18-16(4-1)14-22-19(18)8-7-17-15-23-20(25(17)22)9-10-21-26(23)27-24(6-3-11-29-27)31-13-12-30-28(21)31/h1-13H,14-15H2. The van der Waals surface area contributed by atoms with Gasteiger partial charge in [-0.1, -0.05) is 42.5 Å². The van der Waals surface area contributed by atoms with E-state index >= 15 is 0 Å². The molecule has 0 unspecified atom stereocenters. The molecule has 8 rings (SSSR count). The van der Waals surface area contributed by atoms with Gasteiger partial charge in [0.2, 0.25) is 0 Å². The molecular formula is C28H17N3. The number of hydrogen-bond donors (Lipinski definition) is 0. The smallest absolute Gasteiger partial charge is 0.145 e. The van der Waals surface area contributed by atoms with Crippen molar-refractivity contribution in [1.29, 1.82) is 0 Å². The average Bonchev–Trinajstić information content (AvgIpc) is 3.53. The molecule has 0 N–H and O–H groups in total. The molecule has 0 radical (unpaired) electrons. The second-order valence-corrected chi connectivity index (χ2v) is 8.64. The second kappa shape index (κ2) is 5.38. The Morgan fingerprint density at radius 3 is 2.58 bits per heavy atom. The lowest BCUT2D eigenvalue weighted by molar-refractivity contribution is 1.23. The van der Waals surface area contributed by atoms with Crippen molar-refractivity contribution in [3.8, 4) is 22.3 Å². The number of nitrogens with zero attached hydrogens (tertiary/aromatic N) is 3. The monoisotopic (exact) mass is 395 g/mol. The van der Waals surface area contributed by atoms with Crippen LogP contribution >= 0.6 is 0 Å². The van der Waals surface area contributed by atoms with Crippen molar-refractivity contribution in [3.63, 3.8) is 0 Å². The van der Waals surface area contributed by atoms with Crippen LogP contribution in [-0.4, -0.2) is 14.4 Å². The Kier molecular flexibility index (Phi) is 2.74. The van der Waals surface area contributed by atoms with E-state index in [-0.39, 0.29) is 0 Å². The zero-order valence-corrected chi connectivity index (χ0v) is 16.8. The summed E-state index contributed by atoms with van der Waals surface area (Å²) in [5, 5.41) is 2.44. The van der Waals surface area contributed by atoms with Gasteiger partial charge in [0.1, 0.15) is 5.65 Å². The van der Waals surface area contributed by atoms with Gasteiger partial charge in [-0.15, -0.1) is 0 Å². The molecule has 0 amide bonds. The number of imidazole rings is 1. The number of hydrogen-bond acceptors (Lipinski definition) is 2. The van der Waals surface area contributed by atoms with Gasteiger partial charge in [0, 0.05) is 29.4 Å². The highest BCUT2D eigenvalue weighted by Crippen LogP contribution is 2.49. The fourth-order valence-electron chi connectivity index (χ4n) is 5.94. The van der Waals surface area contributed by atoms with E-state index in [0.29, 0.717) is 0 Å². The highest BCUT2D eigenvalue weighted by molar-refractivity contribution is 6.14. The molecule has 31 heavy (non-hydrogen) atoms. The largest absolute Gasteiger partial charge is 0.298 e. The van der Waals surface area contributed by atoms with Crippen LogP contribution in [0.4, 0.5) is 0 Å². The zero-order valence-electron chi connectivity index (χ0n) is 16.8. The van der Waals surface area contributed by atoms with E-state index in [1.54, 1.807) is 0 Å². The quantitative estimate of drug-likeness (QED) is 0.287. The predicted octanol–water partition coefficient (Wildman–Crippen LogP) is 6.18. The molecule has 6 aromatic rings. The summed E-state index contributed by atoms with van der Waals surface area (Å²) in [5.41, 5.74) is 14.5. The highest BCUT2D eigenvalue weighted by Gasteiger charge is 2.30. The van der Waals surface area contributed by atoms with Gasteiger partial charge < -0.3 is 0 Å². The Hall–Kier alpha value is -3.98. The maximum atomic E-state index is 4.84. The Labute approximate surface area is 178 Å². The fourth-order valence-corrected chi connectivity index (χ4v) is 5.94. The van der Waals surface area contributed by atoms with Crippen LogP contribution in [0.15, 0.2) is 79.3 Å². The van der Waals surface area contributed by atoms with Crippen molar-refractivity contribution in [3.05, 3.63) is 102 Å². The van der Waals surface area contributed by atoms with Gasteiger partial charge >= 0.3 is 0 Å². The van der Waals surface area contributed by atoms with Gasteiger partial charge in [-0.05, 0) is 75.5 Å². The molecule has 2 aliphatic rings. The summed E-state index contributed by atoms with van der Waals surface area (Å²) in [4.78, 5) is 9.53. The topological polar surface area (TPSA) is 30.2 Å². The summed E-state index contributed by atoms with van der Waals surface area (Å²) in [5.74, 6) is 0. The number of benzene rings is 3. The van der Waals surface area contributed by atoms with Gasteiger partial charge in [0.25, 0.3) is 0 Å². The first-order valence-corrected chi connectivity index (χ1v) is 10.8. The average molecular weight is 395 g/mol. The van der Waals surface area contributed by atoms with Crippen molar-refractivity contribution in [2.75, 3.05) is 0 Å². The van der Waals surface area contributed by atoms with E-state index in [1.807, 2.05) is 24.7 Å². The van der Waals surface area contributed by atoms with Crippen LogP contribution in [0.5, 0.6) is 0 Å². The molecule has 0 aliphatic heterocycles. The molecular weight excluding hydrogens is 378 g/mol. The number of rotatable bonds is 0. The lowest BCUT2D eigenvalue weighted by Crippen LogP contribution is -1.95. The molecule has 0 saturated heterocycles. The molecule has 0 saturated carbocycles. The summed E-state index contributed by atoms with van der Waals surface area (Å²) in [6, 6.07) is 22.2. The van der Waals surface area contributed by atoms with E-state index in [4.69, 9.17) is 9.97 Å². The first-order valence-electron chi connectivity index (χ1n) is 10.8. The molecule has 3 aromatic heterocycles. The Bertz CT molecular complexity index is 1740. The second-order valence-electron chi connectivity index (χ2n) is 8.64. The van der Waals surface area contributed by atoms with Crippen molar-refractivity contribution in [2.45, 2.75) is 12.8 Å². The summed E-state index contributed by atoms with van der Waals surface area (Å²) < 4.78 is 2.16. The van der Waals surface area contributed by atoms with Crippen molar-refractivity contribution < 1.29 is 0 Å². The Morgan fingerprint density at radius 1 is 0.677 bits per heavy atom. The van der Waals surface area contributed by atoms with Gasteiger partial charge in [-0.25, -0.2) is 4.98 Å². The minimum Gasteiger partial charge on any atom is -0.298 e. The van der Waals surface area contributed by atoms with Crippen molar-refractivity contribution >= 4 is 27.5 Å². The number of pyridine rings is 2. The minimum atomic E-state index is 0.953. The molecule has 3 aromatic carbocycles. The highest BCUT2D eigenvalue weighted by atomic mass is 15.0. The number of fused-ring (bicyclic) bond motifs is 14. The third-order valence-electron chi connectivity index (χ3n) is 7.19. The van der Waals surface area contributed by atoms with Crippen LogP contribution in [-0.2, 0) is 12.8 Å². The maximum absolute atomic E-state index is 4.84. The Balaban J connectivity index is 1.50. The summed E-state index contributed by atoms with van der Waals surface area (Å²) >= 11 is 0. The first kappa shape index (κ1) is 15.8. The van der Waals surface area contributed by atoms with Crippen molar-refractivity contribution in [2.24, 2.45) is 0 Å². The van der Waals surface area contributed by atoms with Crippen LogP contribution < -0.4 is 0 Å². The van der Waals surface area contributed by atoms with Crippen LogP contribution in [0.3, 0.4) is 0 Å². The van der Waals surface area contributed by atoms with Gasteiger partial charge in [0.05, 0.1) is 11.0 Å². The molecule has 144 valence electrons. The van der Waals surface area contributed by atoms with E-state index in [1.165, 1.54) is 55.3 Å². The summed E-state index contributed by atoms with van der Waals surface area (Å²) in [7, 11) is 0. The third-order valence-corrected chi connectivity index (χ3v) is 7.19. The SMILES string of the molecule is c1ccc2c(c1)Cc1c-2ccc2c1-c1ccc3c(c1C2)c1ncccc1n1ccnc31. The van der Waals surface area contributed by atoms with Gasteiger partial charge in [0.15, 0.2) is 0 Å². The fraction of sp³-hybridized carbons (Fsp3) is 0.0714. The predicted molar refractivity (Wildman–Crippen MR) is 124 cm³/mol. The van der Waals surface area contributed by atoms with E-state index in [0.717, 1.165) is 29.5 Å². The van der Waals surface area contributed by atoms with Crippen LogP contribution in [0, 0.1) is 0 Å². The number of aromatic nitrogens is 3. The Morgan fingerprint density at radius 2 is 1.58 bits per heavy atom. The van der Waals surface area contributed by atoms with E-state index < -0.39 is 0 Å². The minimum absolute atomic E-state index is 0.953. The van der Waals surface area contributed by atoms with E-state index in [9.17, 15) is 0 Å². The normalized spacial score (nSPS) is 13.5. The molecule has 0 bridgehead atoms. The molecule has 3 nitrogen and oxygen atoms in total. The van der Waals surface area contributed by atoms with E-state index in [2.05, 4.69) is 59.0 Å². The molecule has 0 spiro atoms. The maximum Gasteiger partial charge on any atom is 0.145 e. The zero-order chi connectivity index (χ0) is 20.1. The molecule has 2 aliphatic carbocycles. The van der Waals surface area contributed by atoms with Crippen molar-refractivity contribution in [1.82, 2.24) is 14.4 Å². The first-order chi connectivity index (χ1) is 15.4. The molecule has 0 fully saturated rings. The lowest BCUT2D eigenvalue weighted by Gasteiger charge is -2.12. The van der Waals surface area contributed by atoms with Gasteiger partial charge in [-0.2, -0.15) is 0 Å². The lowest BCUT2D eigenvalue weighted by atomic mass is 9.94. The van der Waals surface area contributed by atoms with Crippen LogP contribution in [0.1, 0.15) is 22.3 Å². The van der Waals surface area contributed by atoms with Crippen LogP contribution in [0.2, 0.25) is 0 Å². The van der Waals surface area contributed by atoms with Crippen LogP contribution in [0.25, 0.3) is 49.7 Å². The molecule has 0 atom stereocenters. The molecule has 3 heterocycles. The third kappa shape index (κ3) is 1.85. The summed E-state index contributed by atoms with van der Waals surface area (Å²) in [6.45, 7) is 0. The summed E-state index contributed by atoms with van der Waals surface area (Å²) in [6.07, 6.45) is 7.79. The molecule has 3 heteroatoms. The van der Waals surface area contributed by atoms with Gasteiger partial charge in [-0.3, -0.25) is 9.38 Å².